The number of thiazole rings is 1. The number of aromatic nitrogens is 2. The van der Waals surface area contributed by atoms with E-state index >= 15 is 0 Å². The fourth-order valence-corrected chi connectivity index (χ4v) is 2.91. The molecule has 9 heteroatoms. The SMILES string of the molecule is Nc1nc(Nc2ccc(F)cc2)sc1C(=O)c1ccnc(C(F)F)c1. The molecule has 25 heavy (non-hydrogen) atoms. The average Bonchev–Trinajstić information content (AvgIpc) is 2.96. The minimum Gasteiger partial charge on any atom is -0.382 e. The molecule has 0 spiro atoms. The number of benzene rings is 1. The number of carbonyl (C=O) groups excluding carboxylic acids is 1. The number of rotatable bonds is 5. The highest BCUT2D eigenvalue weighted by Crippen LogP contribution is 2.30. The lowest BCUT2D eigenvalue weighted by atomic mass is 10.1. The predicted molar refractivity (Wildman–Crippen MR) is 88.8 cm³/mol. The number of nitrogens with two attached hydrogens (primary N) is 1. The van der Waals surface area contributed by atoms with Crippen LogP contribution in [0.2, 0.25) is 0 Å². The molecule has 3 aromatic rings. The molecule has 0 saturated carbocycles. The predicted octanol–water partition coefficient (Wildman–Crippen LogP) is 4.17. The number of nitrogens with one attached hydrogen (secondary N) is 1. The van der Waals surface area contributed by atoms with Crippen LogP contribution >= 0.6 is 11.3 Å². The van der Waals surface area contributed by atoms with E-state index in [4.69, 9.17) is 5.73 Å². The van der Waals surface area contributed by atoms with Gasteiger partial charge in [-0.1, -0.05) is 11.3 Å². The van der Waals surface area contributed by atoms with Crippen molar-refractivity contribution < 1.29 is 18.0 Å². The summed E-state index contributed by atoms with van der Waals surface area (Å²) < 4.78 is 38.4. The average molecular weight is 364 g/mol. The van der Waals surface area contributed by atoms with Crippen molar-refractivity contribution in [3.05, 3.63) is 64.5 Å². The Kier molecular flexibility index (Phi) is 4.66. The molecule has 0 amide bonds. The molecule has 0 fully saturated rings. The van der Waals surface area contributed by atoms with Crippen molar-refractivity contribution in [2.75, 3.05) is 11.1 Å². The van der Waals surface area contributed by atoms with Gasteiger partial charge in [0.2, 0.25) is 5.78 Å². The van der Waals surface area contributed by atoms with Crippen LogP contribution in [-0.4, -0.2) is 15.8 Å². The molecule has 2 heterocycles. The van der Waals surface area contributed by atoms with E-state index in [1.807, 2.05) is 0 Å². The van der Waals surface area contributed by atoms with Gasteiger partial charge in [-0.15, -0.1) is 0 Å². The Morgan fingerprint density at radius 2 is 1.92 bits per heavy atom. The van der Waals surface area contributed by atoms with Gasteiger partial charge in [0.05, 0.1) is 0 Å². The van der Waals surface area contributed by atoms with Crippen LogP contribution in [0.15, 0.2) is 42.6 Å². The van der Waals surface area contributed by atoms with E-state index in [0.29, 0.717) is 10.8 Å². The summed E-state index contributed by atoms with van der Waals surface area (Å²) in [4.78, 5) is 20.2. The van der Waals surface area contributed by atoms with Crippen LogP contribution in [0, 0.1) is 5.82 Å². The number of hydrogen-bond donors (Lipinski definition) is 2. The van der Waals surface area contributed by atoms with Crippen LogP contribution in [0.3, 0.4) is 0 Å². The van der Waals surface area contributed by atoms with Crippen LogP contribution in [0.4, 0.5) is 29.8 Å². The van der Waals surface area contributed by atoms with Gasteiger partial charge in [0.25, 0.3) is 6.43 Å². The first kappa shape index (κ1) is 16.9. The topological polar surface area (TPSA) is 80.9 Å². The Morgan fingerprint density at radius 1 is 1.20 bits per heavy atom. The van der Waals surface area contributed by atoms with Gasteiger partial charge < -0.3 is 11.1 Å². The second-order valence-electron chi connectivity index (χ2n) is 4.96. The van der Waals surface area contributed by atoms with Crippen LogP contribution in [0.5, 0.6) is 0 Å². The molecule has 0 aliphatic heterocycles. The molecule has 0 bridgehead atoms. The zero-order chi connectivity index (χ0) is 18.0. The number of carbonyl (C=O) groups is 1. The van der Waals surface area contributed by atoms with Gasteiger partial charge in [-0.25, -0.2) is 18.2 Å². The van der Waals surface area contributed by atoms with Gasteiger partial charge >= 0.3 is 0 Å². The van der Waals surface area contributed by atoms with E-state index in [1.54, 1.807) is 0 Å². The lowest BCUT2D eigenvalue weighted by Gasteiger charge is -2.02. The lowest BCUT2D eigenvalue weighted by molar-refractivity contribution is 0.104. The second-order valence-corrected chi connectivity index (χ2v) is 5.96. The quantitative estimate of drug-likeness (QED) is 0.664. The Bertz CT molecular complexity index is 912. The van der Waals surface area contributed by atoms with E-state index < -0.39 is 17.9 Å². The van der Waals surface area contributed by atoms with Gasteiger partial charge in [-0.05, 0) is 36.4 Å². The largest absolute Gasteiger partial charge is 0.382 e. The summed E-state index contributed by atoms with van der Waals surface area (Å²) >= 11 is 0.977. The molecule has 1 aromatic carbocycles. The third-order valence-corrected chi connectivity index (χ3v) is 4.21. The third kappa shape index (κ3) is 3.77. The molecule has 0 saturated heterocycles. The summed E-state index contributed by atoms with van der Waals surface area (Å²) in [5.41, 5.74) is 5.90. The van der Waals surface area contributed by atoms with Gasteiger partial charge in [0.15, 0.2) is 5.13 Å². The molecule has 3 N–H and O–H groups in total. The summed E-state index contributed by atoms with van der Waals surface area (Å²) in [6.45, 7) is 0. The monoisotopic (exact) mass is 364 g/mol. The van der Waals surface area contributed by atoms with Crippen molar-refractivity contribution in [1.29, 1.82) is 0 Å². The van der Waals surface area contributed by atoms with E-state index in [1.165, 1.54) is 30.3 Å². The van der Waals surface area contributed by atoms with Crippen molar-refractivity contribution >= 4 is 33.8 Å². The van der Waals surface area contributed by atoms with Gasteiger partial charge in [0.1, 0.15) is 22.2 Å². The molecule has 0 unspecified atom stereocenters. The molecular weight excluding hydrogens is 353 g/mol. The van der Waals surface area contributed by atoms with E-state index in [-0.39, 0.29) is 22.1 Å². The summed E-state index contributed by atoms with van der Waals surface area (Å²) in [7, 11) is 0. The molecule has 0 radical (unpaired) electrons. The molecule has 0 atom stereocenters. The first-order valence-corrected chi connectivity index (χ1v) is 7.83. The fourth-order valence-electron chi connectivity index (χ4n) is 2.04. The van der Waals surface area contributed by atoms with E-state index in [0.717, 1.165) is 23.6 Å². The van der Waals surface area contributed by atoms with Crippen molar-refractivity contribution in [2.24, 2.45) is 0 Å². The molecule has 0 aliphatic carbocycles. The number of alkyl halides is 2. The second kappa shape index (κ2) is 6.89. The highest BCUT2D eigenvalue weighted by Gasteiger charge is 2.20. The highest BCUT2D eigenvalue weighted by molar-refractivity contribution is 7.18. The number of ketones is 1. The van der Waals surface area contributed by atoms with Crippen LogP contribution in [0.1, 0.15) is 27.4 Å². The number of nitrogens with zero attached hydrogens (tertiary/aromatic N) is 2. The van der Waals surface area contributed by atoms with Crippen molar-refractivity contribution in [3.8, 4) is 0 Å². The maximum absolute atomic E-state index is 12.9. The van der Waals surface area contributed by atoms with Crippen LogP contribution in [-0.2, 0) is 0 Å². The Balaban J connectivity index is 1.85. The summed E-state index contributed by atoms with van der Waals surface area (Å²) in [5.74, 6) is -0.922. The van der Waals surface area contributed by atoms with Gasteiger partial charge in [-0.3, -0.25) is 9.78 Å². The van der Waals surface area contributed by atoms with Crippen LogP contribution < -0.4 is 11.1 Å². The van der Waals surface area contributed by atoms with Crippen molar-refractivity contribution in [2.45, 2.75) is 6.43 Å². The molecule has 3 rings (SSSR count). The minimum atomic E-state index is -2.78. The number of anilines is 3. The normalized spacial score (nSPS) is 10.9. The Hall–Kier alpha value is -2.94. The Labute approximate surface area is 144 Å². The molecule has 0 aliphatic rings. The van der Waals surface area contributed by atoms with Gasteiger partial charge in [-0.2, -0.15) is 0 Å². The summed E-state index contributed by atoms with van der Waals surface area (Å²) in [5, 5.41) is 3.23. The zero-order valence-electron chi connectivity index (χ0n) is 12.5. The highest BCUT2D eigenvalue weighted by atomic mass is 32.1. The molecule has 5 nitrogen and oxygen atoms in total. The number of nitrogen functional groups attached to an aromatic ring is 1. The first-order valence-electron chi connectivity index (χ1n) is 7.01. The van der Waals surface area contributed by atoms with E-state index in [9.17, 15) is 18.0 Å². The lowest BCUT2D eigenvalue weighted by Crippen LogP contribution is -2.04. The van der Waals surface area contributed by atoms with Gasteiger partial charge in [0, 0.05) is 17.4 Å². The fraction of sp³-hybridized carbons (Fsp3) is 0.0625. The number of pyridine rings is 1. The Morgan fingerprint density at radius 3 is 2.60 bits per heavy atom. The van der Waals surface area contributed by atoms with Crippen LogP contribution in [0.25, 0.3) is 0 Å². The maximum Gasteiger partial charge on any atom is 0.280 e. The number of halogens is 3. The molecular formula is C16H11F3N4OS. The van der Waals surface area contributed by atoms with Crippen molar-refractivity contribution in [3.63, 3.8) is 0 Å². The van der Waals surface area contributed by atoms with E-state index in [2.05, 4.69) is 15.3 Å². The molecule has 128 valence electrons. The summed E-state index contributed by atoms with van der Waals surface area (Å²) in [6.07, 6.45) is -1.63. The minimum absolute atomic E-state index is 0.0185. The number of hydrogen-bond acceptors (Lipinski definition) is 6. The third-order valence-electron chi connectivity index (χ3n) is 3.22. The standard InChI is InChI=1S/C16H11F3N4OS/c17-9-1-3-10(4-2-9)22-16-23-15(20)13(25-16)12(24)8-5-6-21-11(7-8)14(18)19/h1-7,14H,20H2,(H,22,23). The maximum atomic E-state index is 12.9. The zero-order valence-corrected chi connectivity index (χ0v) is 13.4. The molecule has 2 aromatic heterocycles. The smallest absolute Gasteiger partial charge is 0.280 e. The summed E-state index contributed by atoms with van der Waals surface area (Å²) in [6, 6.07) is 7.92. The van der Waals surface area contributed by atoms with Crippen molar-refractivity contribution in [1.82, 2.24) is 9.97 Å². The first-order chi connectivity index (χ1) is 11.9.